The molecule has 0 radical (unpaired) electrons. The second kappa shape index (κ2) is 7.59. The minimum atomic E-state index is -2.73. The first-order chi connectivity index (χ1) is 15.7. The highest BCUT2D eigenvalue weighted by Crippen LogP contribution is 2.58. The maximum absolute atomic E-state index is 13.3. The molecule has 172 valence electrons. The van der Waals surface area contributed by atoms with Crippen LogP contribution in [0.25, 0.3) is 16.5 Å². The predicted octanol–water partition coefficient (Wildman–Crippen LogP) is 2.52. The molecule has 1 aromatic heterocycles. The highest BCUT2D eigenvalue weighted by molar-refractivity contribution is 6.71. The summed E-state index contributed by atoms with van der Waals surface area (Å²) in [6.45, 7) is 5.50. The van der Waals surface area contributed by atoms with Gasteiger partial charge in [0.1, 0.15) is 0 Å². The molecule has 1 fully saturated rings. The van der Waals surface area contributed by atoms with E-state index in [1.54, 1.807) is 30.5 Å². The molecule has 8 nitrogen and oxygen atoms in total. The molecule has 9 heteroatoms. The maximum Gasteiger partial charge on any atom is 0.279 e. The Morgan fingerprint density at radius 1 is 1.21 bits per heavy atom. The normalized spacial score (nSPS) is 26.7. The second-order valence-corrected chi connectivity index (χ2v) is 13.5. The molecule has 3 N–H and O–H groups in total. The number of carbonyl (C=O) groups excluding carboxylic acids is 1. The van der Waals surface area contributed by atoms with Crippen molar-refractivity contribution in [2.24, 2.45) is 5.92 Å². The van der Waals surface area contributed by atoms with Crippen LogP contribution in [0.4, 0.5) is 5.69 Å². The molecule has 0 unspecified atom stereocenters. The van der Waals surface area contributed by atoms with E-state index in [2.05, 4.69) is 10.4 Å². The van der Waals surface area contributed by atoms with Crippen LogP contribution in [0, 0.1) is 5.92 Å². The monoisotopic (exact) mass is 465 g/mol. The summed E-state index contributed by atoms with van der Waals surface area (Å²) in [5, 5.41) is 18.2. The average molecular weight is 466 g/mol. The molecule has 3 heterocycles. The second-order valence-electron chi connectivity index (χ2n) is 9.51. The van der Waals surface area contributed by atoms with Crippen molar-refractivity contribution in [3.05, 3.63) is 64.6 Å². The molecule has 4 atom stereocenters. The number of ether oxygens (including phenoxy) is 1. The van der Waals surface area contributed by atoms with Crippen LogP contribution in [0.2, 0.25) is 18.6 Å². The number of carbonyl (C=O) groups is 1. The van der Waals surface area contributed by atoms with Gasteiger partial charge in [-0.2, -0.15) is 9.78 Å². The maximum atomic E-state index is 13.3. The van der Waals surface area contributed by atoms with Crippen molar-refractivity contribution < 1.29 is 19.4 Å². The van der Waals surface area contributed by atoms with Gasteiger partial charge in [-0.1, -0.05) is 25.1 Å². The van der Waals surface area contributed by atoms with E-state index in [9.17, 15) is 19.5 Å². The van der Waals surface area contributed by atoms with Gasteiger partial charge in [0.05, 0.1) is 23.4 Å². The number of benzene rings is 2. The van der Waals surface area contributed by atoms with Gasteiger partial charge in [0, 0.05) is 34.7 Å². The summed E-state index contributed by atoms with van der Waals surface area (Å²) >= 11 is 0. The molecule has 2 aliphatic heterocycles. The van der Waals surface area contributed by atoms with E-state index in [0.717, 1.165) is 5.39 Å². The Kier molecular flexibility index (Phi) is 5.05. The molecule has 3 aromatic rings. The van der Waals surface area contributed by atoms with Gasteiger partial charge in [-0.25, -0.2) is 0 Å². The Hall–Kier alpha value is -2.85. The fourth-order valence-electron chi connectivity index (χ4n) is 5.69. The van der Waals surface area contributed by atoms with Crippen molar-refractivity contribution in [2.45, 2.75) is 43.7 Å². The first-order valence-corrected chi connectivity index (χ1v) is 14.2. The van der Waals surface area contributed by atoms with E-state index >= 15 is 0 Å². The van der Waals surface area contributed by atoms with Crippen LogP contribution in [0.5, 0.6) is 0 Å². The summed E-state index contributed by atoms with van der Waals surface area (Å²) in [6, 6.07) is 12.5. The summed E-state index contributed by atoms with van der Waals surface area (Å²) in [7, 11) is -2.73. The van der Waals surface area contributed by atoms with Gasteiger partial charge < -0.3 is 20.0 Å². The smallest absolute Gasteiger partial charge is 0.279 e. The zero-order chi connectivity index (χ0) is 23.5. The number of rotatable bonds is 4. The third-order valence-corrected chi connectivity index (χ3v) is 9.58. The third-order valence-electron chi connectivity index (χ3n) is 7.08. The molecule has 1 amide bonds. The van der Waals surface area contributed by atoms with Crippen molar-refractivity contribution >= 4 is 30.7 Å². The predicted molar refractivity (Wildman–Crippen MR) is 127 cm³/mol. The number of hydrogen-bond acceptors (Lipinski definition) is 6. The van der Waals surface area contributed by atoms with Crippen LogP contribution in [0.1, 0.15) is 18.9 Å². The highest BCUT2D eigenvalue weighted by Gasteiger charge is 2.64. The van der Waals surface area contributed by atoms with Crippen LogP contribution in [-0.2, 0) is 15.1 Å². The van der Waals surface area contributed by atoms with Crippen LogP contribution < -0.4 is 10.9 Å². The van der Waals surface area contributed by atoms with Crippen LogP contribution in [0.15, 0.2) is 53.5 Å². The third kappa shape index (κ3) is 3.18. The number of anilines is 1. The zero-order valence-electron chi connectivity index (χ0n) is 18.8. The summed E-state index contributed by atoms with van der Waals surface area (Å²) in [6.07, 6.45) is 1.53. The Balaban J connectivity index is 1.66. The van der Waals surface area contributed by atoms with Gasteiger partial charge in [-0.05, 0) is 43.8 Å². The summed E-state index contributed by atoms with van der Waals surface area (Å²) in [5.74, 6) is -0.608. The summed E-state index contributed by atoms with van der Waals surface area (Å²) in [5.41, 5.74) is -0.0260. The van der Waals surface area contributed by atoms with Gasteiger partial charge in [0.15, 0.2) is 13.9 Å². The van der Waals surface area contributed by atoms with Gasteiger partial charge in [-0.15, -0.1) is 0 Å². The van der Waals surface area contributed by atoms with Crippen molar-refractivity contribution in [3.8, 4) is 5.69 Å². The largest absolute Gasteiger partial charge is 0.432 e. The number of aromatic nitrogens is 2. The zero-order valence-corrected chi connectivity index (χ0v) is 19.8. The van der Waals surface area contributed by atoms with E-state index in [0.29, 0.717) is 28.7 Å². The topological polar surface area (TPSA) is 114 Å². The number of aliphatic hydroxyl groups excluding tert-OH is 1. The Bertz CT molecular complexity index is 1320. The fourth-order valence-corrected chi connectivity index (χ4v) is 8.29. The van der Waals surface area contributed by atoms with Gasteiger partial charge >= 0.3 is 0 Å². The number of hydrogen-bond donors (Lipinski definition) is 3. The molecule has 2 aromatic carbocycles. The lowest BCUT2D eigenvalue weighted by atomic mass is 9.82. The molecule has 1 saturated heterocycles. The van der Waals surface area contributed by atoms with Crippen LogP contribution >= 0.6 is 0 Å². The van der Waals surface area contributed by atoms with E-state index in [1.807, 2.05) is 38.2 Å². The molecule has 33 heavy (non-hydrogen) atoms. The van der Waals surface area contributed by atoms with Crippen molar-refractivity contribution in [3.63, 3.8) is 0 Å². The van der Waals surface area contributed by atoms with Gasteiger partial charge in [0.25, 0.3) is 11.5 Å². The summed E-state index contributed by atoms with van der Waals surface area (Å²) in [4.78, 5) is 37.5. The molecule has 0 aliphatic carbocycles. The quantitative estimate of drug-likeness (QED) is 0.510. The minimum Gasteiger partial charge on any atom is -0.432 e. The first kappa shape index (κ1) is 22.0. The molecule has 1 spiro atoms. The van der Waals surface area contributed by atoms with E-state index in [4.69, 9.17) is 4.74 Å². The fraction of sp³-hybridized carbons (Fsp3) is 0.375. The molecule has 5 rings (SSSR count). The standard InChI is InChI=1S/C24H27N3O5Si/c1-14-21(33(2,3)31)20(10-11-28)32-24(14)18-12-16(8-9-19(18)26-23(24)30)27-22(29)17-7-5-4-6-15(17)13-25-27/h4-9,12-14,20-21,28,31H,10-11H2,1-3H3,(H,26,30)/t14-,20+,21-,24+/m0/s1. The minimum absolute atomic E-state index is 0.0979. The van der Waals surface area contributed by atoms with E-state index in [-0.39, 0.29) is 29.5 Å². The van der Waals surface area contributed by atoms with Crippen molar-refractivity contribution in [2.75, 3.05) is 11.9 Å². The van der Waals surface area contributed by atoms with Crippen LogP contribution in [0.3, 0.4) is 0 Å². The number of nitrogens with one attached hydrogen (secondary N) is 1. The Labute approximate surface area is 192 Å². The van der Waals surface area contributed by atoms with Gasteiger partial charge in [0.2, 0.25) is 0 Å². The Morgan fingerprint density at radius 2 is 1.97 bits per heavy atom. The van der Waals surface area contributed by atoms with E-state index < -0.39 is 20.0 Å². The Morgan fingerprint density at radius 3 is 2.70 bits per heavy atom. The molecule has 0 saturated carbocycles. The van der Waals surface area contributed by atoms with E-state index in [1.165, 1.54) is 4.68 Å². The molecule has 0 bridgehead atoms. The summed E-state index contributed by atoms with van der Waals surface area (Å²) < 4.78 is 7.75. The highest BCUT2D eigenvalue weighted by atomic mass is 28.4. The lowest BCUT2D eigenvalue weighted by Gasteiger charge is -2.32. The van der Waals surface area contributed by atoms with Crippen LogP contribution in [-0.4, -0.2) is 46.6 Å². The number of fused-ring (bicyclic) bond motifs is 3. The van der Waals surface area contributed by atoms with Crippen molar-refractivity contribution in [1.29, 1.82) is 0 Å². The molecular formula is C24H27N3O5Si. The van der Waals surface area contributed by atoms with Crippen molar-refractivity contribution in [1.82, 2.24) is 9.78 Å². The lowest BCUT2D eigenvalue weighted by molar-refractivity contribution is -0.143. The number of amides is 1. The van der Waals surface area contributed by atoms with Gasteiger partial charge in [-0.3, -0.25) is 9.59 Å². The first-order valence-electron chi connectivity index (χ1n) is 11.1. The molecular weight excluding hydrogens is 438 g/mol. The SMILES string of the molecule is C[C@H]1[C@H]([Si](C)(C)O)[C@@H](CCO)O[C@]12C(=O)Nc1ccc(-n3ncc4ccccc4c3=O)cc12. The molecule has 2 aliphatic rings. The lowest BCUT2D eigenvalue weighted by Crippen LogP contribution is -2.43. The number of nitrogens with zero attached hydrogens (tertiary/aromatic N) is 2. The average Bonchev–Trinajstić information content (AvgIpc) is 3.22. The number of aliphatic hydroxyl groups is 1.